The molecule has 0 aliphatic heterocycles. The summed E-state index contributed by atoms with van der Waals surface area (Å²) in [5, 5.41) is 0. The number of halogens is 3. The summed E-state index contributed by atoms with van der Waals surface area (Å²) in [5.41, 5.74) is 5.88. The third-order valence-corrected chi connectivity index (χ3v) is 3.00. The number of rotatable bonds is 3. The molecule has 5 heteroatoms. The van der Waals surface area contributed by atoms with E-state index in [0.29, 0.717) is 15.8 Å². The van der Waals surface area contributed by atoms with E-state index in [1.807, 2.05) is 0 Å². The standard InChI is InChI=1S/C13H10BrF2NO/c14-10-6-9(4-5-11(10)15)18-7-8-2-1-3-12(17)13(8)16/h1-6H,7,17H2. The zero-order chi connectivity index (χ0) is 13.1. The van der Waals surface area contributed by atoms with Gasteiger partial charge >= 0.3 is 0 Å². The maximum Gasteiger partial charge on any atom is 0.152 e. The zero-order valence-corrected chi connectivity index (χ0v) is 10.9. The normalized spacial score (nSPS) is 10.4. The molecule has 0 aliphatic carbocycles. The first-order valence-corrected chi connectivity index (χ1v) is 5.98. The van der Waals surface area contributed by atoms with Gasteiger partial charge in [0.05, 0.1) is 10.2 Å². The van der Waals surface area contributed by atoms with Crippen LogP contribution in [-0.2, 0) is 6.61 Å². The van der Waals surface area contributed by atoms with Crippen LogP contribution in [0.1, 0.15) is 5.56 Å². The molecule has 0 heterocycles. The van der Waals surface area contributed by atoms with Gasteiger partial charge in [-0.15, -0.1) is 0 Å². The van der Waals surface area contributed by atoms with Crippen LogP contribution in [0.4, 0.5) is 14.5 Å². The summed E-state index contributed by atoms with van der Waals surface area (Å²) in [7, 11) is 0. The summed E-state index contributed by atoms with van der Waals surface area (Å²) in [5.74, 6) is -0.415. The van der Waals surface area contributed by atoms with Crippen molar-refractivity contribution in [3.05, 3.63) is 58.1 Å². The lowest BCUT2D eigenvalue weighted by Crippen LogP contribution is -2.01. The summed E-state index contributed by atoms with van der Waals surface area (Å²) in [6.07, 6.45) is 0. The molecule has 0 spiro atoms. The van der Waals surface area contributed by atoms with Crippen LogP contribution < -0.4 is 10.5 Å². The number of nitrogen functional groups attached to an aromatic ring is 1. The average Bonchev–Trinajstić information content (AvgIpc) is 2.35. The summed E-state index contributed by atoms with van der Waals surface area (Å²) in [6, 6.07) is 8.95. The highest BCUT2D eigenvalue weighted by Crippen LogP contribution is 2.23. The van der Waals surface area contributed by atoms with E-state index in [1.165, 1.54) is 24.3 Å². The third-order valence-electron chi connectivity index (χ3n) is 2.39. The number of hydrogen-bond acceptors (Lipinski definition) is 2. The second-order valence-electron chi connectivity index (χ2n) is 3.68. The van der Waals surface area contributed by atoms with Gasteiger partial charge in [0.25, 0.3) is 0 Å². The van der Waals surface area contributed by atoms with E-state index < -0.39 is 5.82 Å². The number of ether oxygens (including phenoxy) is 1. The molecule has 0 aromatic heterocycles. The minimum Gasteiger partial charge on any atom is -0.489 e. The van der Waals surface area contributed by atoms with Crippen molar-refractivity contribution >= 4 is 21.6 Å². The van der Waals surface area contributed by atoms with E-state index in [1.54, 1.807) is 12.1 Å². The van der Waals surface area contributed by atoms with Gasteiger partial charge in [0, 0.05) is 5.56 Å². The van der Waals surface area contributed by atoms with E-state index >= 15 is 0 Å². The van der Waals surface area contributed by atoms with Gasteiger partial charge in [-0.3, -0.25) is 0 Å². The van der Waals surface area contributed by atoms with Crippen molar-refractivity contribution in [2.24, 2.45) is 0 Å². The Morgan fingerprint density at radius 3 is 2.67 bits per heavy atom. The van der Waals surface area contributed by atoms with Crippen LogP contribution in [-0.4, -0.2) is 0 Å². The van der Waals surface area contributed by atoms with Crippen molar-refractivity contribution in [3.63, 3.8) is 0 Å². The van der Waals surface area contributed by atoms with Gasteiger partial charge in [-0.25, -0.2) is 8.78 Å². The molecule has 0 unspecified atom stereocenters. The van der Waals surface area contributed by atoms with Gasteiger partial charge in [-0.2, -0.15) is 0 Å². The fourth-order valence-electron chi connectivity index (χ4n) is 1.44. The highest BCUT2D eigenvalue weighted by atomic mass is 79.9. The lowest BCUT2D eigenvalue weighted by atomic mass is 10.2. The highest BCUT2D eigenvalue weighted by molar-refractivity contribution is 9.10. The molecule has 0 atom stereocenters. The van der Waals surface area contributed by atoms with Gasteiger partial charge < -0.3 is 10.5 Å². The van der Waals surface area contributed by atoms with Crippen LogP contribution in [0.25, 0.3) is 0 Å². The Balaban J connectivity index is 2.11. The summed E-state index contributed by atoms with van der Waals surface area (Å²) < 4.78 is 32.2. The molecular weight excluding hydrogens is 304 g/mol. The Labute approximate surface area is 112 Å². The zero-order valence-electron chi connectivity index (χ0n) is 9.29. The Morgan fingerprint density at radius 2 is 1.94 bits per heavy atom. The fourth-order valence-corrected chi connectivity index (χ4v) is 1.80. The van der Waals surface area contributed by atoms with Crippen LogP contribution in [0.3, 0.4) is 0 Å². The average molecular weight is 314 g/mol. The maximum atomic E-state index is 13.6. The number of hydrogen-bond donors (Lipinski definition) is 1. The molecule has 0 radical (unpaired) electrons. The topological polar surface area (TPSA) is 35.2 Å². The van der Waals surface area contributed by atoms with Crippen LogP contribution >= 0.6 is 15.9 Å². The first-order chi connectivity index (χ1) is 8.58. The lowest BCUT2D eigenvalue weighted by molar-refractivity contribution is 0.299. The molecule has 18 heavy (non-hydrogen) atoms. The molecule has 0 fully saturated rings. The summed E-state index contributed by atoms with van der Waals surface area (Å²) >= 11 is 3.05. The van der Waals surface area contributed by atoms with Crippen molar-refractivity contribution in [1.29, 1.82) is 0 Å². The van der Waals surface area contributed by atoms with Crippen molar-refractivity contribution < 1.29 is 13.5 Å². The molecule has 0 saturated heterocycles. The van der Waals surface area contributed by atoms with E-state index in [2.05, 4.69) is 15.9 Å². The largest absolute Gasteiger partial charge is 0.489 e. The maximum absolute atomic E-state index is 13.6. The van der Waals surface area contributed by atoms with E-state index in [0.717, 1.165) is 0 Å². The van der Waals surface area contributed by atoms with Crippen LogP contribution in [0, 0.1) is 11.6 Å². The Hall–Kier alpha value is -1.62. The molecule has 2 aromatic rings. The molecule has 2 N–H and O–H groups in total. The molecule has 0 saturated carbocycles. The molecule has 0 bridgehead atoms. The Morgan fingerprint density at radius 1 is 1.17 bits per heavy atom. The van der Waals surface area contributed by atoms with Crippen LogP contribution in [0.2, 0.25) is 0 Å². The predicted octanol–water partition coefficient (Wildman–Crippen LogP) is 3.89. The molecule has 0 amide bonds. The van der Waals surface area contributed by atoms with Crippen LogP contribution in [0.5, 0.6) is 5.75 Å². The molecule has 0 aliphatic rings. The number of nitrogens with two attached hydrogens (primary N) is 1. The van der Waals surface area contributed by atoms with Crippen molar-refractivity contribution in [2.75, 3.05) is 5.73 Å². The third kappa shape index (κ3) is 2.79. The first kappa shape index (κ1) is 12.8. The van der Waals surface area contributed by atoms with E-state index in [4.69, 9.17) is 10.5 Å². The minimum atomic E-state index is -0.487. The monoisotopic (exact) mass is 313 g/mol. The Bertz CT molecular complexity index is 575. The van der Waals surface area contributed by atoms with Gasteiger partial charge in [0.15, 0.2) is 5.82 Å². The molecule has 94 valence electrons. The van der Waals surface area contributed by atoms with Crippen molar-refractivity contribution in [2.45, 2.75) is 6.61 Å². The quantitative estimate of drug-likeness (QED) is 0.873. The summed E-state index contributed by atoms with van der Waals surface area (Å²) in [6.45, 7) is 0.0367. The molecular formula is C13H10BrF2NO. The number of benzene rings is 2. The second-order valence-corrected chi connectivity index (χ2v) is 4.54. The van der Waals surface area contributed by atoms with Crippen molar-refractivity contribution in [1.82, 2.24) is 0 Å². The predicted molar refractivity (Wildman–Crippen MR) is 69.2 cm³/mol. The first-order valence-electron chi connectivity index (χ1n) is 5.18. The van der Waals surface area contributed by atoms with Gasteiger partial charge in [-0.1, -0.05) is 12.1 Å². The van der Waals surface area contributed by atoms with Crippen LogP contribution in [0.15, 0.2) is 40.9 Å². The highest BCUT2D eigenvalue weighted by Gasteiger charge is 2.07. The molecule has 2 aromatic carbocycles. The van der Waals surface area contributed by atoms with Crippen molar-refractivity contribution in [3.8, 4) is 5.75 Å². The summed E-state index contributed by atoms with van der Waals surface area (Å²) in [4.78, 5) is 0. The van der Waals surface area contributed by atoms with E-state index in [9.17, 15) is 8.78 Å². The fraction of sp³-hybridized carbons (Fsp3) is 0.0769. The minimum absolute atomic E-state index is 0.0367. The molecule has 2 nitrogen and oxygen atoms in total. The second kappa shape index (κ2) is 5.35. The van der Waals surface area contributed by atoms with Gasteiger partial charge in [-0.05, 0) is 40.2 Å². The lowest BCUT2D eigenvalue weighted by Gasteiger charge is -2.08. The SMILES string of the molecule is Nc1cccc(COc2ccc(F)c(Br)c2)c1F. The van der Waals surface area contributed by atoms with E-state index in [-0.39, 0.29) is 18.1 Å². The van der Waals surface area contributed by atoms with Gasteiger partial charge in [0.1, 0.15) is 18.2 Å². The smallest absolute Gasteiger partial charge is 0.152 e. The van der Waals surface area contributed by atoms with Gasteiger partial charge in [0.2, 0.25) is 0 Å². The Kier molecular flexibility index (Phi) is 3.81. The molecule has 2 rings (SSSR count). The number of anilines is 1.